The van der Waals surface area contributed by atoms with E-state index in [9.17, 15) is 5.26 Å². The van der Waals surface area contributed by atoms with Crippen molar-refractivity contribution in [2.75, 3.05) is 25.6 Å². The second kappa shape index (κ2) is 7.33. The molecule has 1 heterocycles. The van der Waals surface area contributed by atoms with Crippen LogP contribution in [0.1, 0.15) is 25.8 Å². The average molecular weight is 325 g/mol. The van der Waals surface area contributed by atoms with Gasteiger partial charge in [0, 0.05) is 44.6 Å². The molecule has 1 N–H and O–H groups in total. The molecule has 0 aliphatic carbocycles. The van der Waals surface area contributed by atoms with Crippen LogP contribution < -0.4 is 9.64 Å². The highest BCUT2D eigenvalue weighted by atomic mass is 16.5. The van der Waals surface area contributed by atoms with Crippen LogP contribution in [0.2, 0.25) is 0 Å². The lowest BCUT2D eigenvalue weighted by Crippen LogP contribution is -2.30. The number of aromatic nitrogens is 1. The molecule has 0 spiro atoms. The third-order valence-electron chi connectivity index (χ3n) is 3.81. The van der Waals surface area contributed by atoms with E-state index in [1.54, 1.807) is 6.20 Å². The molecule has 5 heteroatoms. The van der Waals surface area contributed by atoms with Crippen LogP contribution >= 0.6 is 0 Å². The zero-order chi connectivity index (χ0) is 17.7. The van der Waals surface area contributed by atoms with Crippen molar-refractivity contribution in [1.82, 2.24) is 4.98 Å². The second-order valence-electron chi connectivity index (χ2n) is 6.43. The van der Waals surface area contributed by atoms with Crippen molar-refractivity contribution < 1.29 is 9.84 Å². The molecule has 0 aliphatic rings. The van der Waals surface area contributed by atoms with Gasteiger partial charge in [-0.1, -0.05) is 12.1 Å². The minimum Gasteiger partial charge on any atom is -0.471 e. The molecule has 2 rings (SSSR count). The smallest absolute Gasteiger partial charge is 0.232 e. The summed E-state index contributed by atoms with van der Waals surface area (Å²) in [5.74, 6) is 0.296. The largest absolute Gasteiger partial charge is 0.471 e. The van der Waals surface area contributed by atoms with E-state index in [0.717, 1.165) is 16.8 Å². The van der Waals surface area contributed by atoms with Crippen molar-refractivity contribution in [2.45, 2.75) is 25.9 Å². The van der Waals surface area contributed by atoms with Crippen molar-refractivity contribution in [2.24, 2.45) is 0 Å². The van der Waals surface area contributed by atoms with Gasteiger partial charge in [-0.3, -0.25) is 0 Å². The molecule has 2 aromatic rings. The lowest BCUT2D eigenvalue weighted by molar-refractivity contribution is 0.0714. The molecule has 5 nitrogen and oxygen atoms in total. The van der Waals surface area contributed by atoms with Crippen molar-refractivity contribution in [3.8, 4) is 23.1 Å². The van der Waals surface area contributed by atoms with Gasteiger partial charge in [0.15, 0.2) is 0 Å². The number of benzene rings is 1. The van der Waals surface area contributed by atoms with Crippen LogP contribution in [-0.2, 0) is 0 Å². The van der Waals surface area contributed by atoms with Gasteiger partial charge in [0.25, 0.3) is 0 Å². The number of hydrogen-bond donors (Lipinski definition) is 1. The first-order valence-electron chi connectivity index (χ1n) is 7.84. The summed E-state index contributed by atoms with van der Waals surface area (Å²) in [5.41, 5.74) is 2.62. The van der Waals surface area contributed by atoms with Gasteiger partial charge in [-0.2, -0.15) is 5.26 Å². The van der Waals surface area contributed by atoms with E-state index in [4.69, 9.17) is 9.84 Å². The van der Waals surface area contributed by atoms with Crippen LogP contribution in [0, 0.1) is 11.3 Å². The van der Waals surface area contributed by atoms with Crippen molar-refractivity contribution in [3.05, 3.63) is 42.1 Å². The summed E-state index contributed by atoms with van der Waals surface area (Å²) >= 11 is 0. The number of nitriles is 1. The minimum absolute atomic E-state index is 0.0145. The van der Waals surface area contributed by atoms with Crippen LogP contribution in [0.15, 0.2) is 36.5 Å². The molecule has 0 atom stereocenters. The van der Waals surface area contributed by atoms with Gasteiger partial charge in [0.1, 0.15) is 17.2 Å². The molecule has 126 valence electrons. The highest BCUT2D eigenvalue weighted by molar-refractivity contribution is 5.73. The summed E-state index contributed by atoms with van der Waals surface area (Å²) in [6.07, 6.45) is 2.10. The summed E-state index contributed by atoms with van der Waals surface area (Å²) in [7, 11) is 3.97. The lowest BCUT2D eigenvalue weighted by atomic mass is 10.0. The molecular weight excluding hydrogens is 302 g/mol. The van der Waals surface area contributed by atoms with Crippen LogP contribution in [0.5, 0.6) is 5.88 Å². The number of pyridine rings is 1. The Hall–Kier alpha value is -2.58. The molecule has 0 saturated heterocycles. The normalized spacial score (nSPS) is 11.0. The Bertz CT molecular complexity index is 731. The summed E-state index contributed by atoms with van der Waals surface area (Å²) in [6, 6.07) is 12.0. The van der Waals surface area contributed by atoms with E-state index in [-0.39, 0.29) is 6.61 Å². The van der Waals surface area contributed by atoms with Crippen LogP contribution in [0.3, 0.4) is 0 Å². The van der Waals surface area contributed by atoms with E-state index in [2.05, 4.69) is 11.1 Å². The standard InChI is InChI=1S/C19H23N3O2/c1-19(2,10-12-23)24-18-17(13-20)16(9-11-21-18)14-5-7-15(8-6-14)22(3)4/h5-9,11,23H,10,12H2,1-4H3. The van der Waals surface area contributed by atoms with Gasteiger partial charge < -0.3 is 14.7 Å². The van der Waals surface area contributed by atoms with Crippen molar-refractivity contribution >= 4 is 5.69 Å². The van der Waals surface area contributed by atoms with Gasteiger partial charge in [-0.25, -0.2) is 4.98 Å². The Labute approximate surface area is 143 Å². The van der Waals surface area contributed by atoms with Gasteiger partial charge >= 0.3 is 0 Å². The fraction of sp³-hybridized carbons (Fsp3) is 0.368. The highest BCUT2D eigenvalue weighted by Crippen LogP contribution is 2.31. The molecule has 1 aromatic heterocycles. The number of aliphatic hydroxyl groups excluding tert-OH is 1. The lowest BCUT2D eigenvalue weighted by Gasteiger charge is -2.25. The Morgan fingerprint density at radius 2 is 1.88 bits per heavy atom. The fourth-order valence-electron chi connectivity index (χ4n) is 2.39. The maximum absolute atomic E-state index is 9.60. The molecule has 24 heavy (non-hydrogen) atoms. The van der Waals surface area contributed by atoms with E-state index in [1.807, 2.05) is 63.2 Å². The molecule has 0 saturated carbocycles. The Morgan fingerprint density at radius 1 is 1.21 bits per heavy atom. The summed E-state index contributed by atoms with van der Waals surface area (Å²) in [4.78, 5) is 6.24. The molecule has 0 radical (unpaired) electrons. The number of anilines is 1. The molecule has 0 fully saturated rings. The highest BCUT2D eigenvalue weighted by Gasteiger charge is 2.23. The first-order chi connectivity index (χ1) is 11.4. The third-order valence-corrected chi connectivity index (χ3v) is 3.81. The molecule has 1 aromatic carbocycles. The van der Waals surface area contributed by atoms with Crippen LogP contribution in [0.4, 0.5) is 5.69 Å². The number of rotatable bonds is 6. The molecule has 0 amide bonds. The molecule has 0 unspecified atom stereocenters. The minimum atomic E-state index is -0.596. The summed E-state index contributed by atoms with van der Waals surface area (Å²) in [6.45, 7) is 3.75. The predicted molar refractivity (Wildman–Crippen MR) is 95.1 cm³/mol. The summed E-state index contributed by atoms with van der Waals surface area (Å²) < 4.78 is 5.89. The van der Waals surface area contributed by atoms with Crippen molar-refractivity contribution in [3.63, 3.8) is 0 Å². The van der Waals surface area contributed by atoms with Crippen LogP contribution in [-0.4, -0.2) is 36.4 Å². The Morgan fingerprint density at radius 3 is 2.42 bits per heavy atom. The average Bonchev–Trinajstić information content (AvgIpc) is 2.54. The molecule has 0 bridgehead atoms. The number of ether oxygens (including phenoxy) is 1. The second-order valence-corrected chi connectivity index (χ2v) is 6.43. The first kappa shape index (κ1) is 17.8. The summed E-state index contributed by atoms with van der Waals surface area (Å²) in [5, 5.41) is 18.7. The Balaban J connectivity index is 2.42. The van der Waals surface area contributed by atoms with Gasteiger partial charge in [-0.05, 0) is 37.6 Å². The van der Waals surface area contributed by atoms with Crippen molar-refractivity contribution in [1.29, 1.82) is 5.26 Å². The van der Waals surface area contributed by atoms with E-state index in [1.165, 1.54) is 0 Å². The first-order valence-corrected chi connectivity index (χ1v) is 7.84. The zero-order valence-corrected chi connectivity index (χ0v) is 14.6. The van der Waals surface area contributed by atoms with Crippen LogP contribution in [0.25, 0.3) is 11.1 Å². The molecule has 0 aliphatic heterocycles. The zero-order valence-electron chi connectivity index (χ0n) is 14.6. The van der Waals surface area contributed by atoms with Gasteiger partial charge in [0.05, 0.1) is 0 Å². The SMILES string of the molecule is CN(C)c1ccc(-c2ccnc(OC(C)(C)CCO)c2C#N)cc1. The third kappa shape index (κ3) is 4.03. The van der Waals surface area contributed by atoms with E-state index < -0.39 is 5.60 Å². The quantitative estimate of drug-likeness (QED) is 0.883. The predicted octanol–water partition coefficient (Wildman–Crippen LogP) is 3.23. The monoisotopic (exact) mass is 325 g/mol. The fourth-order valence-corrected chi connectivity index (χ4v) is 2.39. The van der Waals surface area contributed by atoms with Gasteiger partial charge in [0.2, 0.25) is 5.88 Å². The molecular formula is C19H23N3O2. The number of aliphatic hydroxyl groups is 1. The maximum Gasteiger partial charge on any atom is 0.232 e. The maximum atomic E-state index is 9.60. The van der Waals surface area contributed by atoms with E-state index in [0.29, 0.717) is 17.9 Å². The topological polar surface area (TPSA) is 69.4 Å². The van der Waals surface area contributed by atoms with Gasteiger partial charge in [-0.15, -0.1) is 0 Å². The number of nitrogens with zero attached hydrogens (tertiary/aromatic N) is 3. The Kier molecular flexibility index (Phi) is 5.42. The van der Waals surface area contributed by atoms with E-state index >= 15 is 0 Å². The number of hydrogen-bond acceptors (Lipinski definition) is 5.